The minimum absolute atomic E-state index is 0.672. The van der Waals surface area contributed by atoms with Crippen LogP contribution in [-0.4, -0.2) is 15.8 Å². The van der Waals surface area contributed by atoms with Crippen LogP contribution in [0.3, 0.4) is 0 Å². The molecule has 1 fully saturated rings. The number of hydrogen-bond donors (Lipinski definition) is 1. The van der Waals surface area contributed by atoms with Crippen LogP contribution in [0.1, 0.15) is 51.9 Å². The lowest BCUT2D eigenvalue weighted by Gasteiger charge is -2.24. The minimum atomic E-state index is 0.672. The number of nitrogens with zero attached hydrogens (tertiary/aromatic N) is 2. The molecule has 0 radical (unpaired) electrons. The lowest BCUT2D eigenvalue weighted by Crippen LogP contribution is -2.24. The van der Waals surface area contributed by atoms with Gasteiger partial charge in [0.1, 0.15) is 5.82 Å². The first-order valence-corrected chi connectivity index (χ1v) is 6.68. The molecule has 0 atom stereocenters. The van der Waals surface area contributed by atoms with Gasteiger partial charge in [-0.05, 0) is 19.3 Å². The van der Waals surface area contributed by atoms with E-state index in [4.69, 9.17) is 0 Å². The summed E-state index contributed by atoms with van der Waals surface area (Å²) in [6, 6.07) is 2.77. The van der Waals surface area contributed by atoms with Crippen molar-refractivity contribution in [1.29, 1.82) is 0 Å². The van der Waals surface area contributed by atoms with Crippen molar-refractivity contribution in [3.05, 3.63) is 12.3 Å². The normalized spacial score (nSPS) is 17.6. The predicted octanol–water partition coefficient (Wildman–Crippen LogP) is 3.43. The van der Waals surface area contributed by atoms with Crippen molar-refractivity contribution in [2.24, 2.45) is 0 Å². The molecule has 1 aliphatic carbocycles. The van der Waals surface area contributed by atoms with E-state index >= 15 is 0 Å². The van der Waals surface area contributed by atoms with Crippen LogP contribution in [-0.2, 0) is 6.54 Å². The third kappa shape index (κ3) is 3.00. The second kappa shape index (κ2) is 5.92. The third-order valence-corrected chi connectivity index (χ3v) is 3.40. The van der Waals surface area contributed by atoms with E-state index < -0.39 is 0 Å². The summed E-state index contributed by atoms with van der Waals surface area (Å²) in [4.78, 5) is 0. The van der Waals surface area contributed by atoms with Crippen molar-refractivity contribution in [2.75, 3.05) is 5.32 Å². The van der Waals surface area contributed by atoms with Gasteiger partial charge in [0.05, 0.1) is 6.20 Å². The number of anilines is 1. The first kappa shape index (κ1) is 11.5. The summed E-state index contributed by atoms with van der Waals surface area (Å²) in [5, 5.41) is 8.01. The fourth-order valence-corrected chi connectivity index (χ4v) is 2.40. The quantitative estimate of drug-likeness (QED) is 0.825. The van der Waals surface area contributed by atoms with Crippen LogP contribution < -0.4 is 5.32 Å². The third-order valence-electron chi connectivity index (χ3n) is 3.40. The van der Waals surface area contributed by atoms with Crippen LogP contribution in [0.4, 0.5) is 5.82 Å². The summed E-state index contributed by atoms with van der Waals surface area (Å²) >= 11 is 0. The topological polar surface area (TPSA) is 29.9 Å². The smallest absolute Gasteiger partial charge is 0.124 e. The summed E-state index contributed by atoms with van der Waals surface area (Å²) < 4.78 is 2.11. The van der Waals surface area contributed by atoms with Gasteiger partial charge in [0.2, 0.25) is 0 Å². The van der Waals surface area contributed by atoms with Gasteiger partial charge in [-0.25, -0.2) is 4.68 Å². The first-order chi connectivity index (χ1) is 7.90. The summed E-state index contributed by atoms with van der Waals surface area (Å²) in [6.07, 6.45) is 11.1. The van der Waals surface area contributed by atoms with E-state index in [1.165, 1.54) is 50.8 Å². The molecule has 3 nitrogen and oxygen atoms in total. The molecule has 0 amide bonds. The van der Waals surface area contributed by atoms with Crippen molar-refractivity contribution >= 4 is 5.82 Å². The molecular formula is C13H23N3. The Morgan fingerprint density at radius 3 is 2.94 bits per heavy atom. The van der Waals surface area contributed by atoms with Crippen LogP contribution in [0, 0.1) is 0 Å². The minimum Gasteiger partial charge on any atom is -0.368 e. The van der Waals surface area contributed by atoms with E-state index in [9.17, 15) is 0 Å². The average Bonchev–Trinajstić information content (AvgIpc) is 2.75. The Balaban J connectivity index is 1.89. The molecule has 0 aromatic carbocycles. The lowest BCUT2D eigenvalue weighted by molar-refractivity contribution is 0.457. The Labute approximate surface area is 98.2 Å². The Kier molecular flexibility index (Phi) is 4.25. The van der Waals surface area contributed by atoms with E-state index in [1.54, 1.807) is 0 Å². The molecule has 0 spiro atoms. The molecule has 0 bridgehead atoms. The van der Waals surface area contributed by atoms with E-state index in [-0.39, 0.29) is 0 Å². The van der Waals surface area contributed by atoms with Gasteiger partial charge in [-0.1, -0.05) is 32.6 Å². The molecule has 0 saturated heterocycles. The van der Waals surface area contributed by atoms with Crippen LogP contribution in [0.15, 0.2) is 12.3 Å². The zero-order chi connectivity index (χ0) is 11.2. The molecule has 90 valence electrons. The number of aromatic nitrogens is 2. The molecule has 1 aromatic heterocycles. The number of rotatable bonds is 5. The SMILES string of the molecule is CCCCn1nccc1NC1CCCCC1. The highest BCUT2D eigenvalue weighted by atomic mass is 15.3. The Morgan fingerprint density at radius 1 is 1.38 bits per heavy atom. The number of aryl methyl sites for hydroxylation is 1. The lowest BCUT2D eigenvalue weighted by atomic mass is 9.95. The van der Waals surface area contributed by atoms with Crippen molar-refractivity contribution in [3.8, 4) is 0 Å². The predicted molar refractivity (Wildman–Crippen MR) is 67.6 cm³/mol. The number of hydrogen-bond acceptors (Lipinski definition) is 2. The molecule has 0 aliphatic heterocycles. The summed E-state index contributed by atoms with van der Waals surface area (Å²) in [6.45, 7) is 3.26. The zero-order valence-corrected chi connectivity index (χ0v) is 10.3. The molecule has 16 heavy (non-hydrogen) atoms. The fraction of sp³-hybridized carbons (Fsp3) is 0.769. The highest BCUT2D eigenvalue weighted by molar-refractivity contribution is 5.35. The number of unbranched alkanes of at least 4 members (excludes halogenated alkanes) is 1. The van der Waals surface area contributed by atoms with E-state index in [1.807, 2.05) is 6.20 Å². The van der Waals surface area contributed by atoms with Crippen LogP contribution in [0.5, 0.6) is 0 Å². The van der Waals surface area contributed by atoms with Crippen molar-refractivity contribution in [2.45, 2.75) is 64.5 Å². The van der Waals surface area contributed by atoms with Crippen LogP contribution >= 0.6 is 0 Å². The molecule has 3 heteroatoms. The average molecular weight is 221 g/mol. The van der Waals surface area contributed by atoms with E-state index in [0.29, 0.717) is 6.04 Å². The molecule has 1 aliphatic rings. The summed E-state index contributed by atoms with van der Waals surface area (Å²) in [5.41, 5.74) is 0. The molecule has 2 rings (SSSR count). The highest BCUT2D eigenvalue weighted by Gasteiger charge is 2.14. The molecule has 1 heterocycles. The first-order valence-electron chi connectivity index (χ1n) is 6.68. The molecule has 0 unspecified atom stereocenters. The molecular weight excluding hydrogens is 198 g/mol. The monoisotopic (exact) mass is 221 g/mol. The second-order valence-electron chi connectivity index (χ2n) is 4.77. The Bertz CT molecular complexity index is 300. The summed E-state index contributed by atoms with van der Waals surface area (Å²) in [5.74, 6) is 1.21. The van der Waals surface area contributed by atoms with Gasteiger partial charge in [-0.15, -0.1) is 0 Å². The summed E-state index contributed by atoms with van der Waals surface area (Å²) in [7, 11) is 0. The molecule has 1 N–H and O–H groups in total. The van der Waals surface area contributed by atoms with Crippen molar-refractivity contribution in [1.82, 2.24) is 9.78 Å². The fourth-order valence-electron chi connectivity index (χ4n) is 2.40. The van der Waals surface area contributed by atoms with Gasteiger partial charge >= 0.3 is 0 Å². The zero-order valence-electron chi connectivity index (χ0n) is 10.3. The van der Waals surface area contributed by atoms with Gasteiger partial charge in [-0.2, -0.15) is 5.10 Å². The number of nitrogens with one attached hydrogen (secondary N) is 1. The van der Waals surface area contributed by atoms with Gasteiger partial charge in [0.15, 0.2) is 0 Å². The molecule has 1 aromatic rings. The van der Waals surface area contributed by atoms with E-state index in [0.717, 1.165) is 6.54 Å². The van der Waals surface area contributed by atoms with Crippen molar-refractivity contribution in [3.63, 3.8) is 0 Å². The van der Waals surface area contributed by atoms with Crippen LogP contribution in [0.25, 0.3) is 0 Å². The van der Waals surface area contributed by atoms with E-state index in [2.05, 4.69) is 28.1 Å². The van der Waals surface area contributed by atoms with Gasteiger partial charge in [0, 0.05) is 18.7 Å². The highest BCUT2D eigenvalue weighted by Crippen LogP contribution is 2.21. The maximum Gasteiger partial charge on any atom is 0.124 e. The maximum atomic E-state index is 4.37. The van der Waals surface area contributed by atoms with Gasteiger partial charge in [-0.3, -0.25) is 0 Å². The molecule has 1 saturated carbocycles. The maximum absolute atomic E-state index is 4.37. The van der Waals surface area contributed by atoms with Crippen molar-refractivity contribution < 1.29 is 0 Å². The van der Waals surface area contributed by atoms with Crippen LogP contribution in [0.2, 0.25) is 0 Å². The van der Waals surface area contributed by atoms with Gasteiger partial charge in [0.25, 0.3) is 0 Å². The largest absolute Gasteiger partial charge is 0.368 e. The second-order valence-corrected chi connectivity index (χ2v) is 4.77. The van der Waals surface area contributed by atoms with Gasteiger partial charge < -0.3 is 5.32 Å². The Morgan fingerprint density at radius 2 is 2.19 bits per heavy atom. The standard InChI is InChI=1S/C13H23N3/c1-2-3-11-16-13(9-10-14-16)15-12-7-5-4-6-8-12/h9-10,12,15H,2-8,11H2,1H3. The Hall–Kier alpha value is -0.990.